The van der Waals surface area contributed by atoms with Gasteiger partial charge in [0.05, 0.1) is 0 Å². The molecular formula is C19H19NO3. The van der Waals surface area contributed by atoms with E-state index in [2.05, 4.69) is 11.9 Å². The summed E-state index contributed by atoms with van der Waals surface area (Å²) >= 11 is 0. The molecule has 2 rings (SSSR count). The fourth-order valence-corrected chi connectivity index (χ4v) is 1.89. The summed E-state index contributed by atoms with van der Waals surface area (Å²) in [6, 6.07) is 14.9. The smallest absolute Gasteiger partial charge is 0.258 e. The van der Waals surface area contributed by atoms with E-state index in [4.69, 9.17) is 4.74 Å². The summed E-state index contributed by atoms with van der Waals surface area (Å²) in [5.74, 6) is 0.00174. The molecule has 4 nitrogen and oxygen atoms in total. The van der Waals surface area contributed by atoms with Gasteiger partial charge in [0.2, 0.25) is 0 Å². The number of rotatable bonds is 7. The minimum atomic E-state index is -0.269. The molecule has 0 spiro atoms. The third-order valence-electron chi connectivity index (χ3n) is 3.05. The number of phenols is 1. The minimum Gasteiger partial charge on any atom is -0.504 e. The Labute approximate surface area is 135 Å². The normalized spacial score (nSPS) is 10.4. The van der Waals surface area contributed by atoms with Crippen molar-refractivity contribution in [2.24, 2.45) is 0 Å². The van der Waals surface area contributed by atoms with Gasteiger partial charge in [-0.15, -0.1) is 6.58 Å². The van der Waals surface area contributed by atoms with Gasteiger partial charge in [0.25, 0.3) is 5.91 Å². The van der Waals surface area contributed by atoms with Gasteiger partial charge in [-0.2, -0.15) is 0 Å². The number of phenolic OH excluding ortho intramolecular Hbond substituents is 1. The summed E-state index contributed by atoms with van der Waals surface area (Å²) in [5.41, 5.74) is 1.94. The molecule has 2 N–H and O–H groups in total. The molecule has 0 saturated heterocycles. The average Bonchev–Trinajstić information content (AvgIpc) is 2.59. The molecule has 0 unspecified atom stereocenters. The Kier molecular flexibility index (Phi) is 6.00. The molecule has 118 valence electrons. The van der Waals surface area contributed by atoms with Crippen LogP contribution in [0.4, 0.5) is 0 Å². The first-order valence-electron chi connectivity index (χ1n) is 7.25. The predicted octanol–water partition coefficient (Wildman–Crippen LogP) is 3.24. The van der Waals surface area contributed by atoms with Crippen LogP contribution in [-0.4, -0.2) is 24.2 Å². The maximum absolute atomic E-state index is 11.5. The van der Waals surface area contributed by atoms with Crippen LogP contribution in [0.3, 0.4) is 0 Å². The van der Waals surface area contributed by atoms with Crippen LogP contribution < -0.4 is 10.1 Å². The quantitative estimate of drug-likeness (QED) is 0.610. The third kappa shape index (κ3) is 5.36. The van der Waals surface area contributed by atoms with Crippen LogP contribution in [0.25, 0.3) is 12.2 Å². The summed E-state index contributed by atoms with van der Waals surface area (Å²) < 4.78 is 5.36. The van der Waals surface area contributed by atoms with Crippen molar-refractivity contribution in [3.05, 3.63) is 72.3 Å². The zero-order valence-corrected chi connectivity index (χ0v) is 12.7. The number of benzene rings is 2. The van der Waals surface area contributed by atoms with Crippen LogP contribution in [0.5, 0.6) is 11.5 Å². The van der Waals surface area contributed by atoms with Crippen molar-refractivity contribution < 1.29 is 14.6 Å². The number of hydrogen-bond acceptors (Lipinski definition) is 3. The first kappa shape index (κ1) is 16.4. The maximum Gasteiger partial charge on any atom is 0.258 e. The Morgan fingerprint density at radius 1 is 1.13 bits per heavy atom. The van der Waals surface area contributed by atoms with E-state index >= 15 is 0 Å². The summed E-state index contributed by atoms with van der Waals surface area (Å²) in [7, 11) is 0. The van der Waals surface area contributed by atoms with E-state index in [1.54, 1.807) is 24.3 Å². The van der Waals surface area contributed by atoms with Gasteiger partial charge < -0.3 is 15.2 Å². The average molecular weight is 309 g/mol. The van der Waals surface area contributed by atoms with E-state index in [1.807, 2.05) is 42.5 Å². The number of aromatic hydroxyl groups is 1. The summed E-state index contributed by atoms with van der Waals surface area (Å²) in [6.45, 7) is 3.74. The lowest BCUT2D eigenvalue weighted by molar-refractivity contribution is -0.122. The van der Waals surface area contributed by atoms with E-state index < -0.39 is 0 Å². The molecule has 4 heteroatoms. The maximum atomic E-state index is 11.5. The Balaban J connectivity index is 2.02. The van der Waals surface area contributed by atoms with Crippen LogP contribution >= 0.6 is 0 Å². The largest absolute Gasteiger partial charge is 0.504 e. The van der Waals surface area contributed by atoms with Crippen LogP contribution in [0, 0.1) is 0 Å². The second kappa shape index (κ2) is 8.44. The summed E-state index contributed by atoms with van der Waals surface area (Å²) in [6.07, 6.45) is 5.47. The van der Waals surface area contributed by atoms with Gasteiger partial charge in [0.1, 0.15) is 0 Å². The fourth-order valence-electron chi connectivity index (χ4n) is 1.89. The highest BCUT2D eigenvalue weighted by molar-refractivity contribution is 5.78. The molecule has 0 aromatic heterocycles. The Morgan fingerprint density at radius 3 is 2.61 bits per heavy atom. The number of amides is 1. The van der Waals surface area contributed by atoms with Crippen molar-refractivity contribution in [3.8, 4) is 11.5 Å². The molecule has 1 amide bonds. The van der Waals surface area contributed by atoms with Crippen molar-refractivity contribution in [3.63, 3.8) is 0 Å². The molecule has 0 aliphatic heterocycles. The van der Waals surface area contributed by atoms with Crippen molar-refractivity contribution in [1.82, 2.24) is 5.32 Å². The summed E-state index contributed by atoms with van der Waals surface area (Å²) in [5, 5.41) is 12.4. The van der Waals surface area contributed by atoms with Crippen molar-refractivity contribution in [1.29, 1.82) is 0 Å². The second-order valence-electron chi connectivity index (χ2n) is 4.85. The zero-order valence-electron chi connectivity index (χ0n) is 12.7. The molecule has 2 aromatic carbocycles. The summed E-state index contributed by atoms with van der Waals surface area (Å²) in [4.78, 5) is 11.5. The Hall–Kier alpha value is -3.01. The number of hydrogen-bond donors (Lipinski definition) is 2. The molecule has 0 saturated carbocycles. The molecule has 0 atom stereocenters. The van der Waals surface area contributed by atoms with Crippen molar-refractivity contribution in [2.75, 3.05) is 13.2 Å². The Bertz CT molecular complexity index is 693. The van der Waals surface area contributed by atoms with E-state index in [0.29, 0.717) is 6.54 Å². The molecular weight excluding hydrogens is 290 g/mol. The molecule has 2 aromatic rings. The van der Waals surface area contributed by atoms with Crippen LogP contribution in [0.15, 0.2) is 61.2 Å². The standard InChI is InChI=1S/C19H19NO3/c1-2-12-20-19(22)14-23-18-13-16(10-11-17(18)21)9-8-15-6-4-3-5-7-15/h2-11,13,21H,1,12,14H2,(H,20,22)/b9-8+. The van der Waals surface area contributed by atoms with Gasteiger partial charge in [-0.05, 0) is 23.3 Å². The second-order valence-corrected chi connectivity index (χ2v) is 4.85. The number of carbonyl (C=O) groups excluding carboxylic acids is 1. The Morgan fingerprint density at radius 2 is 1.87 bits per heavy atom. The minimum absolute atomic E-state index is 0.00150. The van der Waals surface area contributed by atoms with Gasteiger partial charge in [-0.3, -0.25) is 4.79 Å². The SMILES string of the molecule is C=CCNC(=O)COc1cc(/C=C/c2ccccc2)ccc1O. The molecule has 23 heavy (non-hydrogen) atoms. The van der Waals surface area contributed by atoms with Gasteiger partial charge >= 0.3 is 0 Å². The molecule has 0 radical (unpaired) electrons. The number of ether oxygens (including phenoxy) is 1. The molecule has 0 aliphatic carbocycles. The monoisotopic (exact) mass is 309 g/mol. The van der Waals surface area contributed by atoms with Crippen molar-refractivity contribution >= 4 is 18.1 Å². The third-order valence-corrected chi connectivity index (χ3v) is 3.05. The predicted molar refractivity (Wildman–Crippen MR) is 92.2 cm³/mol. The number of nitrogens with one attached hydrogen (secondary N) is 1. The molecule has 0 heterocycles. The lowest BCUT2D eigenvalue weighted by atomic mass is 10.1. The van der Waals surface area contributed by atoms with Gasteiger partial charge in [0.15, 0.2) is 18.1 Å². The highest BCUT2D eigenvalue weighted by Gasteiger charge is 2.06. The first-order valence-corrected chi connectivity index (χ1v) is 7.25. The molecule has 0 bridgehead atoms. The van der Waals surface area contributed by atoms with Crippen LogP contribution in [-0.2, 0) is 4.79 Å². The van der Waals surface area contributed by atoms with Crippen molar-refractivity contribution in [2.45, 2.75) is 0 Å². The van der Waals surface area contributed by atoms with Gasteiger partial charge in [-0.1, -0.05) is 54.6 Å². The first-order chi connectivity index (χ1) is 11.2. The fraction of sp³-hybridized carbons (Fsp3) is 0.105. The van der Waals surface area contributed by atoms with Crippen LogP contribution in [0.1, 0.15) is 11.1 Å². The van der Waals surface area contributed by atoms with E-state index in [1.165, 1.54) is 0 Å². The molecule has 0 aliphatic rings. The van der Waals surface area contributed by atoms with E-state index in [9.17, 15) is 9.90 Å². The highest BCUT2D eigenvalue weighted by atomic mass is 16.5. The van der Waals surface area contributed by atoms with Gasteiger partial charge in [-0.25, -0.2) is 0 Å². The topological polar surface area (TPSA) is 58.6 Å². The zero-order chi connectivity index (χ0) is 16.5. The lowest BCUT2D eigenvalue weighted by Gasteiger charge is -2.08. The number of carbonyl (C=O) groups is 1. The van der Waals surface area contributed by atoms with Crippen LogP contribution in [0.2, 0.25) is 0 Å². The molecule has 0 fully saturated rings. The van der Waals surface area contributed by atoms with E-state index in [0.717, 1.165) is 11.1 Å². The van der Waals surface area contributed by atoms with Gasteiger partial charge in [0, 0.05) is 6.54 Å². The van der Waals surface area contributed by atoms with E-state index in [-0.39, 0.29) is 24.0 Å². The lowest BCUT2D eigenvalue weighted by Crippen LogP contribution is -2.28. The highest BCUT2D eigenvalue weighted by Crippen LogP contribution is 2.27.